The van der Waals surface area contributed by atoms with Crippen LogP contribution >= 0.6 is 0 Å². The summed E-state index contributed by atoms with van der Waals surface area (Å²) in [6.07, 6.45) is 27.5. The highest BCUT2D eigenvalue weighted by molar-refractivity contribution is 5.07. The van der Waals surface area contributed by atoms with E-state index in [1.54, 1.807) is 11.1 Å². The summed E-state index contributed by atoms with van der Waals surface area (Å²) in [6.45, 7) is 26.7. The molecule has 0 amide bonds. The van der Waals surface area contributed by atoms with E-state index in [9.17, 15) is 0 Å². The molecular formula is C41H80N2. The largest absolute Gasteiger partial charge is 0.391 e. The summed E-state index contributed by atoms with van der Waals surface area (Å²) < 4.78 is 0. The zero-order chi connectivity index (χ0) is 32.0. The Hall–Kier alpha value is -0.760. The molecule has 254 valence electrons. The lowest BCUT2D eigenvalue weighted by molar-refractivity contribution is 0.235. The minimum atomic E-state index is 0.734. The minimum absolute atomic E-state index is 0.734. The van der Waals surface area contributed by atoms with E-state index in [-0.39, 0.29) is 0 Å². The maximum absolute atomic E-state index is 3.42. The maximum atomic E-state index is 3.42. The van der Waals surface area contributed by atoms with Gasteiger partial charge >= 0.3 is 0 Å². The zero-order valence-corrected chi connectivity index (χ0v) is 31.2. The number of hydrogen-bond donors (Lipinski definition) is 2. The summed E-state index contributed by atoms with van der Waals surface area (Å²) in [5, 5.41) is 6.67. The van der Waals surface area contributed by atoms with Crippen LogP contribution in [0.25, 0.3) is 0 Å². The number of hydrogen-bond acceptors (Lipinski definition) is 2. The molecule has 2 N–H and O–H groups in total. The van der Waals surface area contributed by atoms with Gasteiger partial charge < -0.3 is 10.6 Å². The van der Waals surface area contributed by atoms with Crippen LogP contribution in [0.3, 0.4) is 0 Å². The van der Waals surface area contributed by atoms with Gasteiger partial charge in [-0.05, 0) is 118 Å². The van der Waals surface area contributed by atoms with E-state index in [0.29, 0.717) is 0 Å². The van der Waals surface area contributed by atoms with Crippen LogP contribution in [0.15, 0.2) is 23.4 Å². The van der Waals surface area contributed by atoms with Gasteiger partial charge in [0.25, 0.3) is 0 Å². The number of allylic oxidation sites excluding steroid dienone is 3. The molecule has 2 heteroatoms. The first-order valence-corrected chi connectivity index (χ1v) is 19.3. The van der Waals surface area contributed by atoms with E-state index in [2.05, 4.69) is 92.1 Å². The van der Waals surface area contributed by atoms with E-state index in [4.69, 9.17) is 0 Å². The fraction of sp³-hybridized carbons (Fsp3) is 0.902. The number of nitrogens with one attached hydrogen (secondary N) is 2. The molecule has 2 nitrogen and oxygen atoms in total. The van der Waals surface area contributed by atoms with Crippen LogP contribution < -0.4 is 10.6 Å². The van der Waals surface area contributed by atoms with Crippen molar-refractivity contribution in [2.24, 2.45) is 47.3 Å². The molecule has 2 heterocycles. The van der Waals surface area contributed by atoms with E-state index in [0.717, 1.165) is 53.9 Å². The Morgan fingerprint density at radius 1 is 0.512 bits per heavy atom. The first kappa shape index (κ1) is 40.3. The molecule has 0 aromatic heterocycles. The van der Waals surface area contributed by atoms with Crippen LogP contribution in [0, 0.1) is 47.3 Å². The third-order valence-corrected chi connectivity index (χ3v) is 10.8. The molecule has 2 saturated carbocycles. The molecule has 43 heavy (non-hydrogen) atoms. The van der Waals surface area contributed by atoms with E-state index >= 15 is 0 Å². The van der Waals surface area contributed by atoms with Gasteiger partial charge in [0.2, 0.25) is 0 Å². The van der Waals surface area contributed by atoms with Crippen LogP contribution in [0.5, 0.6) is 0 Å². The van der Waals surface area contributed by atoms with Gasteiger partial charge in [-0.2, -0.15) is 0 Å². The van der Waals surface area contributed by atoms with Gasteiger partial charge in [-0.1, -0.05) is 138 Å². The third-order valence-electron chi connectivity index (χ3n) is 10.8. The van der Waals surface area contributed by atoms with Crippen LogP contribution in [-0.4, -0.2) is 19.6 Å². The van der Waals surface area contributed by atoms with Gasteiger partial charge in [-0.25, -0.2) is 0 Å². The smallest absolute Gasteiger partial charge is 0.0144 e. The second-order valence-corrected chi connectivity index (χ2v) is 16.0. The van der Waals surface area contributed by atoms with Crippen molar-refractivity contribution < 1.29 is 0 Å². The monoisotopic (exact) mass is 601 g/mol. The normalized spacial score (nSPS) is 22.8. The van der Waals surface area contributed by atoms with Crippen LogP contribution in [0.2, 0.25) is 0 Å². The molecular weight excluding hydrogens is 520 g/mol. The quantitative estimate of drug-likeness (QED) is 0.307. The first-order chi connectivity index (χ1) is 20.5. The van der Waals surface area contributed by atoms with Gasteiger partial charge in [-0.3, -0.25) is 0 Å². The summed E-state index contributed by atoms with van der Waals surface area (Å²) in [6, 6.07) is 0. The molecule has 0 aromatic rings. The van der Waals surface area contributed by atoms with Crippen LogP contribution in [0.4, 0.5) is 0 Å². The average molecular weight is 601 g/mol. The van der Waals surface area contributed by atoms with Gasteiger partial charge in [0.1, 0.15) is 0 Å². The van der Waals surface area contributed by atoms with Crippen molar-refractivity contribution in [1.29, 1.82) is 0 Å². The lowest BCUT2D eigenvalue weighted by Gasteiger charge is -2.28. The SMILES string of the molecule is CC(C)C1=CCCCC1.CC(C)C1=CNCCC1.CC(C)C1CCC1.CC(C)C1CCCCC1.CC(C)C1CCCNC1. The Morgan fingerprint density at radius 2 is 1.05 bits per heavy atom. The predicted octanol–water partition coefficient (Wildman–Crippen LogP) is 12.4. The van der Waals surface area contributed by atoms with Crippen molar-refractivity contribution in [3.8, 4) is 0 Å². The Labute approximate surface area is 272 Å². The lowest BCUT2D eigenvalue weighted by atomic mass is 9.78. The van der Waals surface area contributed by atoms with Crippen molar-refractivity contribution in [1.82, 2.24) is 10.6 Å². The Kier molecular flexibility index (Phi) is 22.9. The number of rotatable bonds is 5. The highest BCUT2D eigenvalue weighted by atomic mass is 14.9. The zero-order valence-electron chi connectivity index (χ0n) is 31.2. The van der Waals surface area contributed by atoms with Crippen molar-refractivity contribution >= 4 is 0 Å². The fourth-order valence-electron chi connectivity index (χ4n) is 6.87. The Balaban J connectivity index is 0.000000269. The molecule has 1 unspecified atom stereocenters. The average Bonchev–Trinajstić information content (AvgIpc) is 2.99. The molecule has 1 saturated heterocycles. The topological polar surface area (TPSA) is 24.1 Å². The van der Waals surface area contributed by atoms with E-state index in [1.165, 1.54) is 116 Å². The second-order valence-electron chi connectivity index (χ2n) is 16.0. The van der Waals surface area contributed by atoms with Crippen molar-refractivity contribution in [3.05, 3.63) is 23.4 Å². The van der Waals surface area contributed by atoms with Crippen molar-refractivity contribution in [3.63, 3.8) is 0 Å². The molecule has 1 atom stereocenters. The van der Waals surface area contributed by atoms with Crippen molar-refractivity contribution in [2.75, 3.05) is 19.6 Å². The second kappa shape index (κ2) is 24.5. The fourth-order valence-corrected chi connectivity index (χ4v) is 6.87. The Morgan fingerprint density at radius 3 is 1.33 bits per heavy atom. The van der Waals surface area contributed by atoms with Gasteiger partial charge in [0.05, 0.1) is 0 Å². The van der Waals surface area contributed by atoms with Gasteiger partial charge in [0, 0.05) is 6.54 Å². The highest BCUT2D eigenvalue weighted by Crippen LogP contribution is 2.32. The molecule has 0 bridgehead atoms. The molecule has 0 spiro atoms. The summed E-state index contributed by atoms with van der Waals surface area (Å²) in [4.78, 5) is 0. The standard InChI is InChI=1S/C9H18.C9H16.C8H17N.C8H15N.C7H14/c2*1-8(2)9-6-4-3-5-7-9;2*1-7(2)8-4-3-5-9-6-8;1-6(2)7-4-3-5-7/h8-9H,3-7H2,1-2H3;6,8H,3-5,7H2,1-2H3;7-9H,3-6H2,1-2H3;6-7,9H,3-5H2,1-2H3;6-7H,3-5H2,1-2H3. The van der Waals surface area contributed by atoms with Crippen LogP contribution in [-0.2, 0) is 0 Å². The van der Waals surface area contributed by atoms with Gasteiger partial charge in [0.15, 0.2) is 0 Å². The van der Waals surface area contributed by atoms with Gasteiger partial charge in [-0.15, -0.1) is 0 Å². The third kappa shape index (κ3) is 19.4. The molecule has 0 aromatic carbocycles. The molecule has 3 aliphatic carbocycles. The first-order valence-electron chi connectivity index (χ1n) is 19.3. The molecule has 0 radical (unpaired) electrons. The summed E-state index contributed by atoms with van der Waals surface area (Å²) in [5.41, 5.74) is 3.25. The molecule has 2 aliphatic heterocycles. The minimum Gasteiger partial charge on any atom is -0.391 e. The Bertz CT molecular complexity index is 645. The molecule has 5 rings (SSSR count). The van der Waals surface area contributed by atoms with E-state index < -0.39 is 0 Å². The molecule has 3 fully saturated rings. The summed E-state index contributed by atoms with van der Waals surface area (Å²) in [7, 11) is 0. The number of piperidine rings is 1. The van der Waals surface area contributed by atoms with E-state index in [1.807, 2.05) is 0 Å². The maximum Gasteiger partial charge on any atom is 0.0144 e. The highest BCUT2D eigenvalue weighted by Gasteiger charge is 2.20. The summed E-state index contributed by atoms with van der Waals surface area (Å²) in [5.74, 6) is 7.37. The van der Waals surface area contributed by atoms with Crippen molar-refractivity contribution in [2.45, 2.75) is 172 Å². The molecule has 5 aliphatic rings. The lowest BCUT2D eigenvalue weighted by Crippen LogP contribution is -2.32. The van der Waals surface area contributed by atoms with Crippen LogP contribution in [0.1, 0.15) is 172 Å². The summed E-state index contributed by atoms with van der Waals surface area (Å²) >= 11 is 0. The predicted molar refractivity (Wildman–Crippen MR) is 196 cm³/mol.